The average molecular weight is 322 g/mol. The zero-order valence-electron chi connectivity index (χ0n) is 9.64. The molecule has 8 heteroatoms. The number of hydrogen-bond acceptors (Lipinski definition) is 4. The topological polar surface area (TPSA) is 49.8 Å². The second-order valence-corrected chi connectivity index (χ2v) is 4.73. The van der Waals surface area contributed by atoms with E-state index in [-0.39, 0.29) is 11.8 Å². The number of nitrogens with zero attached hydrogens (tertiary/aromatic N) is 2. The summed E-state index contributed by atoms with van der Waals surface area (Å²) >= 11 is 17.7. The van der Waals surface area contributed by atoms with Crippen LogP contribution in [0.2, 0.25) is 15.1 Å². The van der Waals surface area contributed by atoms with Crippen molar-refractivity contribution in [2.24, 2.45) is 0 Å². The van der Waals surface area contributed by atoms with Crippen molar-refractivity contribution >= 4 is 52.3 Å². The van der Waals surface area contributed by atoms with Gasteiger partial charge in [0, 0.05) is 7.05 Å². The Morgan fingerprint density at radius 3 is 2.47 bits per heavy atom. The van der Waals surface area contributed by atoms with Gasteiger partial charge in [-0.3, -0.25) is 0 Å². The lowest BCUT2D eigenvalue weighted by Crippen LogP contribution is -2.03. The third-order valence-corrected chi connectivity index (χ3v) is 3.27. The summed E-state index contributed by atoms with van der Waals surface area (Å²) in [6.45, 7) is 0. The molecule has 0 bridgehead atoms. The van der Waals surface area contributed by atoms with E-state index in [2.05, 4.69) is 20.6 Å². The zero-order chi connectivity index (χ0) is 14.0. The second kappa shape index (κ2) is 5.77. The van der Waals surface area contributed by atoms with Crippen molar-refractivity contribution in [3.05, 3.63) is 39.2 Å². The molecule has 0 saturated carbocycles. The molecule has 100 valence electrons. The van der Waals surface area contributed by atoms with Crippen LogP contribution in [-0.4, -0.2) is 17.0 Å². The predicted octanol–water partition coefficient (Wildman–Crippen LogP) is 4.36. The summed E-state index contributed by atoms with van der Waals surface area (Å²) in [5, 5.41) is 6.37. The molecular weight excluding hydrogens is 314 g/mol. The van der Waals surface area contributed by atoms with Crippen LogP contribution in [0.4, 0.5) is 21.8 Å². The zero-order valence-corrected chi connectivity index (χ0v) is 11.9. The molecular formula is C11H8Cl3FN4. The van der Waals surface area contributed by atoms with E-state index in [9.17, 15) is 4.39 Å². The maximum Gasteiger partial charge on any atom is 0.224 e. The molecule has 0 radical (unpaired) electrons. The highest BCUT2D eigenvalue weighted by molar-refractivity contribution is 6.44. The van der Waals surface area contributed by atoms with E-state index < -0.39 is 5.82 Å². The Bertz CT molecular complexity index is 621. The molecule has 0 unspecified atom stereocenters. The number of halogens is 4. The number of anilines is 3. The lowest BCUT2D eigenvalue weighted by Gasteiger charge is -2.10. The van der Waals surface area contributed by atoms with Crippen LogP contribution in [0.1, 0.15) is 0 Å². The van der Waals surface area contributed by atoms with Crippen molar-refractivity contribution in [3.63, 3.8) is 0 Å². The predicted molar refractivity (Wildman–Crippen MR) is 76.3 cm³/mol. The van der Waals surface area contributed by atoms with Crippen molar-refractivity contribution in [2.75, 3.05) is 17.7 Å². The summed E-state index contributed by atoms with van der Waals surface area (Å²) in [5.74, 6) is -0.346. The van der Waals surface area contributed by atoms with E-state index >= 15 is 0 Å². The Kier molecular flexibility index (Phi) is 4.29. The minimum Gasteiger partial charge on any atom is -0.357 e. The number of benzene rings is 1. The number of nitrogens with one attached hydrogen (secondary N) is 2. The van der Waals surface area contributed by atoms with E-state index in [1.54, 1.807) is 7.05 Å². The van der Waals surface area contributed by atoms with E-state index in [0.717, 1.165) is 6.20 Å². The maximum atomic E-state index is 13.6. The summed E-state index contributed by atoms with van der Waals surface area (Å²) in [6, 6.07) is 2.96. The lowest BCUT2D eigenvalue weighted by atomic mass is 10.3. The quantitative estimate of drug-likeness (QED) is 0.825. The van der Waals surface area contributed by atoms with E-state index in [1.807, 2.05) is 0 Å². The molecule has 0 atom stereocenters. The second-order valence-electron chi connectivity index (χ2n) is 3.51. The standard InChI is InChI=1S/C11H8Cl3FN4/c1-16-11-17-4-8(15)10(19-11)18-9-3-6(13)5(12)2-7(9)14/h2-4H,1H3,(H2,16,17,18,19). The Labute approximate surface area is 123 Å². The molecule has 0 fully saturated rings. The van der Waals surface area contributed by atoms with Gasteiger partial charge in [-0.1, -0.05) is 34.8 Å². The maximum absolute atomic E-state index is 13.6. The first kappa shape index (κ1) is 14.1. The minimum atomic E-state index is -0.610. The molecule has 0 aliphatic rings. The summed E-state index contributed by atoms with van der Waals surface area (Å²) < 4.78 is 13.6. The molecule has 1 heterocycles. The highest BCUT2D eigenvalue weighted by Crippen LogP contribution is 2.34. The van der Waals surface area contributed by atoms with Gasteiger partial charge in [0.2, 0.25) is 5.95 Å². The molecule has 0 amide bonds. The van der Waals surface area contributed by atoms with Crippen LogP contribution in [0.3, 0.4) is 0 Å². The number of rotatable bonds is 3. The summed E-state index contributed by atoms with van der Waals surface area (Å²) in [6.07, 6.45) is 1.05. The first-order valence-corrected chi connectivity index (χ1v) is 6.26. The van der Waals surface area contributed by atoms with Gasteiger partial charge >= 0.3 is 0 Å². The normalized spacial score (nSPS) is 10.4. The lowest BCUT2D eigenvalue weighted by molar-refractivity contribution is 0.619. The van der Waals surface area contributed by atoms with E-state index in [1.165, 1.54) is 12.1 Å². The van der Waals surface area contributed by atoms with Crippen molar-refractivity contribution < 1.29 is 4.39 Å². The molecule has 2 N–H and O–H groups in total. The third-order valence-electron chi connectivity index (χ3n) is 2.23. The fourth-order valence-electron chi connectivity index (χ4n) is 1.32. The van der Waals surface area contributed by atoms with Crippen LogP contribution in [-0.2, 0) is 0 Å². The van der Waals surface area contributed by atoms with Crippen LogP contribution in [0, 0.1) is 5.82 Å². The van der Waals surface area contributed by atoms with Gasteiger partial charge in [-0.25, -0.2) is 9.37 Å². The van der Waals surface area contributed by atoms with Crippen LogP contribution < -0.4 is 10.6 Å². The van der Waals surface area contributed by atoms with Crippen molar-refractivity contribution in [1.29, 1.82) is 0 Å². The summed E-state index contributed by atoms with van der Waals surface area (Å²) in [7, 11) is 1.63. The molecule has 1 aromatic heterocycles. The van der Waals surface area contributed by atoms with Gasteiger partial charge in [0.1, 0.15) is 0 Å². The van der Waals surface area contributed by atoms with Crippen molar-refractivity contribution in [1.82, 2.24) is 9.97 Å². The first-order chi connectivity index (χ1) is 9.01. The van der Waals surface area contributed by atoms with Crippen molar-refractivity contribution in [3.8, 4) is 0 Å². The molecule has 2 aromatic rings. The SMILES string of the molecule is CNc1ncc(F)c(Nc2cc(Cl)c(Cl)cc2Cl)n1. The van der Waals surface area contributed by atoms with Gasteiger partial charge in [-0.15, -0.1) is 0 Å². The molecule has 4 nitrogen and oxygen atoms in total. The Balaban J connectivity index is 2.38. The Hall–Kier alpha value is -1.30. The van der Waals surface area contributed by atoms with Crippen molar-refractivity contribution in [2.45, 2.75) is 0 Å². The van der Waals surface area contributed by atoms with Crippen LogP contribution in [0.5, 0.6) is 0 Å². The van der Waals surface area contributed by atoms with Gasteiger partial charge in [0.05, 0.1) is 27.0 Å². The molecule has 19 heavy (non-hydrogen) atoms. The van der Waals surface area contributed by atoms with Gasteiger partial charge in [0.25, 0.3) is 0 Å². The Morgan fingerprint density at radius 2 is 1.79 bits per heavy atom. The Morgan fingerprint density at radius 1 is 1.11 bits per heavy atom. The fourth-order valence-corrected chi connectivity index (χ4v) is 1.92. The van der Waals surface area contributed by atoms with Crippen LogP contribution in [0.15, 0.2) is 18.3 Å². The van der Waals surface area contributed by atoms with Gasteiger partial charge in [-0.05, 0) is 12.1 Å². The van der Waals surface area contributed by atoms with Gasteiger partial charge in [-0.2, -0.15) is 4.98 Å². The molecule has 0 saturated heterocycles. The summed E-state index contributed by atoms with van der Waals surface area (Å²) in [5.41, 5.74) is 0.399. The van der Waals surface area contributed by atoms with Gasteiger partial charge < -0.3 is 10.6 Å². The molecule has 2 rings (SSSR count). The average Bonchev–Trinajstić information content (AvgIpc) is 2.38. The number of hydrogen-bond donors (Lipinski definition) is 2. The minimum absolute atomic E-state index is 0.0142. The van der Waals surface area contributed by atoms with Gasteiger partial charge in [0.15, 0.2) is 11.6 Å². The van der Waals surface area contributed by atoms with Crippen LogP contribution >= 0.6 is 34.8 Å². The summed E-state index contributed by atoms with van der Waals surface area (Å²) in [4.78, 5) is 7.67. The first-order valence-electron chi connectivity index (χ1n) is 5.13. The molecule has 0 aliphatic carbocycles. The monoisotopic (exact) mass is 320 g/mol. The van der Waals surface area contributed by atoms with E-state index in [4.69, 9.17) is 34.8 Å². The highest BCUT2D eigenvalue weighted by atomic mass is 35.5. The third kappa shape index (κ3) is 3.18. The molecule has 1 aromatic carbocycles. The smallest absolute Gasteiger partial charge is 0.224 e. The number of aromatic nitrogens is 2. The van der Waals surface area contributed by atoms with Crippen LogP contribution in [0.25, 0.3) is 0 Å². The van der Waals surface area contributed by atoms with E-state index in [0.29, 0.717) is 20.8 Å². The molecule has 0 spiro atoms. The fraction of sp³-hybridized carbons (Fsp3) is 0.0909. The largest absolute Gasteiger partial charge is 0.357 e. The highest BCUT2D eigenvalue weighted by Gasteiger charge is 2.11. The molecule has 0 aliphatic heterocycles.